The van der Waals surface area contributed by atoms with Crippen LogP contribution in [0.5, 0.6) is 0 Å². The number of benzene rings is 2. The molecule has 0 bridgehead atoms. The average Bonchev–Trinajstić information content (AvgIpc) is 2.68. The maximum absolute atomic E-state index is 12.6. The van der Waals surface area contributed by atoms with E-state index >= 15 is 0 Å². The van der Waals surface area contributed by atoms with Gasteiger partial charge in [0.15, 0.2) is 0 Å². The maximum atomic E-state index is 12.6. The predicted octanol–water partition coefficient (Wildman–Crippen LogP) is 3.88. The first kappa shape index (κ1) is 20.2. The summed E-state index contributed by atoms with van der Waals surface area (Å²) in [5, 5.41) is 6.73. The molecule has 0 aliphatic heterocycles. The summed E-state index contributed by atoms with van der Waals surface area (Å²) in [6, 6.07) is 14.6. The highest BCUT2D eigenvalue weighted by molar-refractivity contribution is 6.30. The Bertz CT molecular complexity index is 836. The van der Waals surface area contributed by atoms with Crippen molar-refractivity contribution in [2.75, 3.05) is 19.0 Å². The van der Waals surface area contributed by atoms with Gasteiger partial charge < -0.3 is 15.5 Å². The average molecular weight is 400 g/mol. The molecule has 2 amide bonds. The molecule has 2 aromatic carbocycles. The summed E-state index contributed by atoms with van der Waals surface area (Å²) in [5.74, 6) is -0.198. The number of hydrogen-bond acceptors (Lipinski definition) is 3. The van der Waals surface area contributed by atoms with Crippen LogP contribution in [0.25, 0.3) is 0 Å². The van der Waals surface area contributed by atoms with E-state index in [9.17, 15) is 9.59 Å². The zero-order chi connectivity index (χ0) is 20.1. The number of carbonyl (C=O) groups excluding carboxylic acids is 2. The summed E-state index contributed by atoms with van der Waals surface area (Å²) in [6.45, 7) is 0. The summed E-state index contributed by atoms with van der Waals surface area (Å²) in [5.41, 5.74) is 2.26. The zero-order valence-corrected chi connectivity index (χ0v) is 17.0. The second kappa shape index (κ2) is 9.11. The molecular formula is C22H26ClN3O2. The molecule has 1 saturated carbocycles. The highest BCUT2D eigenvalue weighted by Crippen LogP contribution is 2.20. The number of halogens is 1. The summed E-state index contributed by atoms with van der Waals surface area (Å²) in [4.78, 5) is 27.0. The van der Waals surface area contributed by atoms with Gasteiger partial charge >= 0.3 is 0 Å². The Morgan fingerprint density at radius 3 is 2.11 bits per heavy atom. The third kappa shape index (κ3) is 5.26. The number of amides is 2. The van der Waals surface area contributed by atoms with E-state index in [1.807, 2.05) is 43.3 Å². The van der Waals surface area contributed by atoms with Crippen LogP contribution in [0.2, 0.25) is 5.02 Å². The summed E-state index contributed by atoms with van der Waals surface area (Å²) in [6.07, 6.45) is 3.53. The van der Waals surface area contributed by atoms with Crippen molar-refractivity contribution in [2.24, 2.45) is 0 Å². The van der Waals surface area contributed by atoms with E-state index in [1.165, 1.54) is 0 Å². The standard InChI is InChI=1S/C22H26ClN3O2/c1-26(2)20-11-9-15(10-12-20)21(27)24-18-7-4-8-19(14-18)25-22(28)16-5-3-6-17(23)13-16/h3,5-6,9-13,18-19H,4,7-8,14H2,1-2H3,(H,24,27)(H,25,28)/t18-,19-/m1/s1. The number of anilines is 1. The quantitative estimate of drug-likeness (QED) is 0.802. The lowest BCUT2D eigenvalue weighted by molar-refractivity contribution is 0.0903. The molecule has 1 aliphatic carbocycles. The van der Waals surface area contributed by atoms with Crippen molar-refractivity contribution in [3.8, 4) is 0 Å². The molecule has 0 unspecified atom stereocenters. The summed E-state index contributed by atoms with van der Waals surface area (Å²) in [7, 11) is 3.93. The molecule has 0 spiro atoms. The normalized spacial score (nSPS) is 19.0. The van der Waals surface area contributed by atoms with Gasteiger partial charge in [0.2, 0.25) is 0 Å². The van der Waals surface area contributed by atoms with Crippen LogP contribution in [-0.2, 0) is 0 Å². The Morgan fingerprint density at radius 1 is 0.929 bits per heavy atom. The number of nitrogens with one attached hydrogen (secondary N) is 2. The largest absolute Gasteiger partial charge is 0.378 e. The van der Waals surface area contributed by atoms with Gasteiger partial charge in [-0.05, 0) is 68.1 Å². The monoisotopic (exact) mass is 399 g/mol. The van der Waals surface area contributed by atoms with E-state index in [0.717, 1.165) is 31.4 Å². The minimum Gasteiger partial charge on any atom is -0.378 e. The first-order valence-electron chi connectivity index (χ1n) is 9.57. The van der Waals surface area contributed by atoms with Crippen LogP contribution in [0.4, 0.5) is 5.69 Å². The fourth-order valence-electron chi connectivity index (χ4n) is 3.53. The molecule has 5 nitrogen and oxygen atoms in total. The molecule has 1 aliphatic rings. The van der Waals surface area contributed by atoms with Crippen molar-refractivity contribution >= 4 is 29.1 Å². The molecular weight excluding hydrogens is 374 g/mol. The van der Waals surface area contributed by atoms with Crippen LogP contribution in [0.1, 0.15) is 46.4 Å². The van der Waals surface area contributed by atoms with Crippen molar-refractivity contribution in [1.82, 2.24) is 10.6 Å². The van der Waals surface area contributed by atoms with Crippen LogP contribution in [0, 0.1) is 0 Å². The van der Waals surface area contributed by atoms with Gasteiger partial charge in [-0.15, -0.1) is 0 Å². The highest BCUT2D eigenvalue weighted by Gasteiger charge is 2.25. The Hall–Kier alpha value is -2.53. The zero-order valence-electron chi connectivity index (χ0n) is 16.2. The van der Waals surface area contributed by atoms with Gasteiger partial charge in [-0.1, -0.05) is 17.7 Å². The third-order valence-electron chi connectivity index (χ3n) is 5.08. The van der Waals surface area contributed by atoms with Gasteiger partial charge in [-0.3, -0.25) is 9.59 Å². The number of nitrogens with zero attached hydrogens (tertiary/aromatic N) is 1. The van der Waals surface area contributed by atoms with Crippen LogP contribution in [-0.4, -0.2) is 38.0 Å². The molecule has 28 heavy (non-hydrogen) atoms. The van der Waals surface area contributed by atoms with Gasteiger partial charge in [0.25, 0.3) is 11.8 Å². The molecule has 6 heteroatoms. The molecule has 0 heterocycles. The fraction of sp³-hybridized carbons (Fsp3) is 0.364. The van der Waals surface area contributed by atoms with Crippen molar-refractivity contribution in [1.29, 1.82) is 0 Å². The van der Waals surface area contributed by atoms with Crippen LogP contribution in [0.15, 0.2) is 48.5 Å². The molecule has 3 rings (SSSR count). The topological polar surface area (TPSA) is 61.4 Å². The first-order chi connectivity index (χ1) is 13.4. The maximum Gasteiger partial charge on any atom is 0.251 e. The van der Waals surface area contributed by atoms with E-state index in [0.29, 0.717) is 16.1 Å². The lowest BCUT2D eigenvalue weighted by Crippen LogP contribution is -2.45. The second-order valence-electron chi connectivity index (χ2n) is 7.46. The van der Waals surface area contributed by atoms with Gasteiger partial charge in [-0.25, -0.2) is 0 Å². The van der Waals surface area contributed by atoms with E-state index in [4.69, 9.17) is 11.6 Å². The van der Waals surface area contributed by atoms with Gasteiger partial charge in [0.05, 0.1) is 0 Å². The molecule has 148 valence electrons. The third-order valence-corrected chi connectivity index (χ3v) is 5.31. The lowest BCUT2D eigenvalue weighted by Gasteiger charge is -2.30. The predicted molar refractivity (Wildman–Crippen MR) is 113 cm³/mol. The summed E-state index contributed by atoms with van der Waals surface area (Å²) < 4.78 is 0. The van der Waals surface area contributed by atoms with E-state index in [2.05, 4.69) is 10.6 Å². The smallest absolute Gasteiger partial charge is 0.251 e. The fourth-order valence-corrected chi connectivity index (χ4v) is 3.72. The molecule has 2 N–H and O–H groups in total. The number of rotatable bonds is 5. The molecule has 0 aromatic heterocycles. The second-order valence-corrected chi connectivity index (χ2v) is 7.90. The summed E-state index contributed by atoms with van der Waals surface area (Å²) >= 11 is 5.97. The Balaban J connectivity index is 1.55. The Labute approximate surface area is 171 Å². The number of carbonyl (C=O) groups is 2. The van der Waals surface area contributed by atoms with Crippen molar-refractivity contribution in [3.05, 3.63) is 64.7 Å². The van der Waals surface area contributed by atoms with E-state index in [-0.39, 0.29) is 23.9 Å². The van der Waals surface area contributed by atoms with Gasteiger partial charge in [0.1, 0.15) is 0 Å². The lowest BCUT2D eigenvalue weighted by atomic mass is 9.90. The minimum atomic E-state index is -0.126. The molecule has 1 fully saturated rings. The van der Waals surface area contributed by atoms with E-state index in [1.54, 1.807) is 24.3 Å². The number of hydrogen-bond donors (Lipinski definition) is 2. The molecule has 2 aromatic rings. The van der Waals surface area contributed by atoms with Crippen LogP contribution < -0.4 is 15.5 Å². The van der Waals surface area contributed by atoms with E-state index < -0.39 is 0 Å². The van der Waals surface area contributed by atoms with Gasteiger partial charge in [0, 0.05) is 48.0 Å². The van der Waals surface area contributed by atoms with Crippen molar-refractivity contribution in [2.45, 2.75) is 37.8 Å². The van der Waals surface area contributed by atoms with Crippen LogP contribution in [0.3, 0.4) is 0 Å². The van der Waals surface area contributed by atoms with Gasteiger partial charge in [-0.2, -0.15) is 0 Å². The molecule has 0 saturated heterocycles. The highest BCUT2D eigenvalue weighted by atomic mass is 35.5. The first-order valence-corrected chi connectivity index (χ1v) is 9.95. The Morgan fingerprint density at radius 2 is 1.54 bits per heavy atom. The molecule has 2 atom stereocenters. The minimum absolute atomic E-state index is 0.0432. The SMILES string of the molecule is CN(C)c1ccc(C(=O)N[C@@H]2CCC[C@@H](NC(=O)c3cccc(Cl)c3)C2)cc1. The van der Waals surface area contributed by atoms with Crippen molar-refractivity contribution in [3.63, 3.8) is 0 Å². The van der Waals surface area contributed by atoms with Crippen molar-refractivity contribution < 1.29 is 9.59 Å². The Kier molecular flexibility index (Phi) is 6.57. The van der Waals surface area contributed by atoms with Crippen LogP contribution >= 0.6 is 11.6 Å². The molecule has 0 radical (unpaired) electrons.